The Labute approximate surface area is 172 Å². The molecule has 0 aliphatic carbocycles. The number of hydrogen-bond acceptors (Lipinski definition) is 6. The van der Waals surface area contributed by atoms with Crippen LogP contribution in [-0.2, 0) is 24.9 Å². The predicted molar refractivity (Wildman–Crippen MR) is 111 cm³/mol. The number of methoxy groups -OCH3 is 2. The minimum Gasteiger partial charge on any atom is -0.493 e. The van der Waals surface area contributed by atoms with Gasteiger partial charge in [-0.25, -0.2) is 14.3 Å². The average molecular weight is 410 g/mol. The average Bonchev–Trinajstić information content (AvgIpc) is 3.52. The number of fused-ring (bicyclic) bond motifs is 1. The lowest BCUT2D eigenvalue weighted by atomic mass is 10.2. The van der Waals surface area contributed by atoms with Crippen molar-refractivity contribution in [2.24, 2.45) is 7.05 Å². The van der Waals surface area contributed by atoms with Gasteiger partial charge in [0, 0.05) is 19.2 Å². The quantitative estimate of drug-likeness (QED) is 0.426. The molecule has 9 heteroatoms. The number of epoxide rings is 1. The predicted octanol–water partition coefficient (Wildman–Crippen LogP) is 1.00. The lowest BCUT2D eigenvalue weighted by molar-refractivity contribution is 0.355. The van der Waals surface area contributed by atoms with E-state index in [0.717, 1.165) is 10.1 Å². The van der Waals surface area contributed by atoms with Gasteiger partial charge in [0.05, 0.1) is 33.5 Å². The number of aryl methyl sites for hydroxylation is 2. The molecule has 1 saturated heterocycles. The maximum absolute atomic E-state index is 13.1. The smallest absolute Gasteiger partial charge is 0.333 e. The summed E-state index contributed by atoms with van der Waals surface area (Å²) in [7, 11) is 4.84. The lowest BCUT2D eigenvalue weighted by Gasteiger charge is -2.10. The zero-order valence-corrected chi connectivity index (χ0v) is 17.0. The van der Waals surface area contributed by atoms with Gasteiger partial charge in [0.2, 0.25) is 0 Å². The molecule has 30 heavy (non-hydrogen) atoms. The van der Waals surface area contributed by atoms with Crippen molar-refractivity contribution in [3.63, 3.8) is 0 Å². The van der Waals surface area contributed by atoms with Gasteiger partial charge < -0.3 is 18.8 Å². The Kier molecular flexibility index (Phi) is 5.10. The molecular weight excluding hydrogens is 388 g/mol. The highest BCUT2D eigenvalue weighted by Crippen LogP contribution is 2.32. The van der Waals surface area contributed by atoms with E-state index in [2.05, 4.69) is 10.9 Å². The van der Waals surface area contributed by atoms with Gasteiger partial charge in [0.1, 0.15) is 5.82 Å². The third-order valence-corrected chi connectivity index (χ3v) is 5.21. The minimum atomic E-state index is -0.469. The normalized spacial score (nSPS) is 15.2. The zero-order chi connectivity index (χ0) is 21.4. The second-order valence-corrected chi connectivity index (χ2v) is 7.01. The fourth-order valence-electron chi connectivity index (χ4n) is 3.54. The molecule has 1 aliphatic heterocycles. The molecule has 0 radical (unpaired) electrons. The van der Waals surface area contributed by atoms with Crippen LogP contribution in [0.4, 0.5) is 0 Å². The first-order valence-corrected chi connectivity index (χ1v) is 9.47. The van der Waals surface area contributed by atoms with E-state index in [-0.39, 0.29) is 12.6 Å². The summed E-state index contributed by atoms with van der Waals surface area (Å²) in [5.74, 6) is 4.03. The molecule has 0 saturated carbocycles. The number of imidazole rings is 1. The Bertz CT molecular complexity index is 1270. The van der Waals surface area contributed by atoms with Gasteiger partial charge >= 0.3 is 5.69 Å². The van der Waals surface area contributed by atoms with Gasteiger partial charge in [0.15, 0.2) is 22.7 Å². The van der Waals surface area contributed by atoms with E-state index >= 15 is 0 Å². The maximum atomic E-state index is 13.1. The number of hydrogen-bond donors (Lipinski definition) is 0. The van der Waals surface area contributed by atoms with Crippen LogP contribution in [0.2, 0.25) is 0 Å². The lowest BCUT2D eigenvalue weighted by Crippen LogP contribution is -2.40. The van der Waals surface area contributed by atoms with Crippen molar-refractivity contribution >= 4 is 11.2 Å². The van der Waals surface area contributed by atoms with E-state index in [4.69, 9.17) is 20.6 Å². The molecule has 4 rings (SSSR count). The fourth-order valence-corrected chi connectivity index (χ4v) is 3.54. The van der Waals surface area contributed by atoms with Crippen molar-refractivity contribution in [1.82, 2.24) is 18.7 Å². The molecule has 0 spiro atoms. The highest BCUT2D eigenvalue weighted by atomic mass is 16.6. The summed E-state index contributed by atoms with van der Waals surface area (Å²) in [6.45, 7) is 0.957. The van der Waals surface area contributed by atoms with Gasteiger partial charge in [-0.2, -0.15) is 0 Å². The number of benzene rings is 1. The first kappa shape index (κ1) is 19.8. The Morgan fingerprint density at radius 3 is 2.60 bits per heavy atom. The number of nitrogens with zero attached hydrogens (tertiary/aromatic N) is 4. The van der Waals surface area contributed by atoms with Gasteiger partial charge in [0.25, 0.3) is 5.56 Å². The molecule has 0 amide bonds. The Morgan fingerprint density at radius 2 is 1.97 bits per heavy atom. The van der Waals surface area contributed by atoms with Crippen molar-refractivity contribution < 1.29 is 14.2 Å². The van der Waals surface area contributed by atoms with Crippen molar-refractivity contribution in [3.05, 3.63) is 39.0 Å². The highest BCUT2D eigenvalue weighted by Gasteiger charge is 2.25. The molecule has 1 aromatic carbocycles. The Hall–Kier alpha value is -3.51. The van der Waals surface area contributed by atoms with Gasteiger partial charge in [-0.3, -0.25) is 9.36 Å². The van der Waals surface area contributed by atoms with Gasteiger partial charge in [-0.1, -0.05) is 5.92 Å². The second-order valence-electron chi connectivity index (χ2n) is 7.01. The van der Waals surface area contributed by atoms with Crippen LogP contribution in [0.3, 0.4) is 0 Å². The summed E-state index contributed by atoms with van der Waals surface area (Å²) in [6, 6.07) is 5.37. The van der Waals surface area contributed by atoms with Crippen LogP contribution in [0, 0.1) is 12.3 Å². The molecule has 1 atom stereocenters. The van der Waals surface area contributed by atoms with Crippen LogP contribution in [0.1, 0.15) is 6.42 Å². The van der Waals surface area contributed by atoms with E-state index in [9.17, 15) is 9.59 Å². The standard InChI is InChI=1S/C21H22N4O5/c1-5-9-25-20(26)17-19(24(21(25)27)10-8-14-12-30-14)22-18(23(17)2)13-6-7-15(28-3)16(11-13)29-4/h1,6-7,11,14H,8-10,12H2,2-4H3. The summed E-state index contributed by atoms with van der Waals surface area (Å²) in [6.07, 6.45) is 6.18. The summed E-state index contributed by atoms with van der Waals surface area (Å²) >= 11 is 0. The third kappa shape index (κ3) is 3.25. The van der Waals surface area contributed by atoms with Crippen LogP contribution in [-0.4, -0.2) is 45.6 Å². The van der Waals surface area contributed by atoms with Gasteiger partial charge in [-0.05, 0) is 24.6 Å². The topological polar surface area (TPSA) is 92.8 Å². The summed E-state index contributed by atoms with van der Waals surface area (Å²) < 4.78 is 20.2. The van der Waals surface area contributed by atoms with Crippen LogP contribution >= 0.6 is 0 Å². The molecule has 0 N–H and O–H groups in total. The molecule has 1 aliphatic rings. The largest absolute Gasteiger partial charge is 0.493 e. The van der Waals surface area contributed by atoms with Crippen LogP contribution in [0.15, 0.2) is 27.8 Å². The molecule has 2 aromatic heterocycles. The zero-order valence-electron chi connectivity index (χ0n) is 17.0. The molecule has 3 heterocycles. The highest BCUT2D eigenvalue weighted by molar-refractivity contribution is 5.77. The van der Waals surface area contributed by atoms with Crippen molar-refractivity contribution in [2.45, 2.75) is 25.6 Å². The van der Waals surface area contributed by atoms with Crippen LogP contribution in [0.5, 0.6) is 11.5 Å². The second kappa shape index (κ2) is 7.72. The molecule has 9 nitrogen and oxygen atoms in total. The van der Waals surface area contributed by atoms with Gasteiger partial charge in [-0.15, -0.1) is 6.42 Å². The first-order chi connectivity index (χ1) is 14.5. The third-order valence-electron chi connectivity index (χ3n) is 5.21. The fraction of sp³-hybridized carbons (Fsp3) is 0.381. The Balaban J connectivity index is 1.95. The number of rotatable bonds is 7. The maximum Gasteiger partial charge on any atom is 0.333 e. The molecule has 1 fully saturated rings. The number of ether oxygens (including phenoxy) is 3. The molecule has 3 aromatic rings. The first-order valence-electron chi connectivity index (χ1n) is 9.47. The van der Waals surface area contributed by atoms with E-state index in [1.807, 2.05) is 6.07 Å². The number of aromatic nitrogens is 4. The van der Waals surface area contributed by atoms with E-state index < -0.39 is 11.2 Å². The summed E-state index contributed by atoms with van der Waals surface area (Å²) in [5.41, 5.74) is 0.424. The SMILES string of the molecule is C#CCn1c(=O)c2c(nc(-c3ccc(OC)c(OC)c3)n2C)n(CCC2CO2)c1=O. The van der Waals surface area contributed by atoms with Crippen LogP contribution in [0.25, 0.3) is 22.6 Å². The molecule has 1 unspecified atom stereocenters. The minimum absolute atomic E-state index is 0.107. The van der Waals surface area contributed by atoms with Crippen molar-refractivity contribution in [3.8, 4) is 35.2 Å². The Morgan fingerprint density at radius 1 is 1.23 bits per heavy atom. The van der Waals surface area contributed by atoms with Crippen LogP contribution < -0.4 is 20.7 Å². The van der Waals surface area contributed by atoms with Crippen molar-refractivity contribution in [1.29, 1.82) is 0 Å². The molecule has 0 bridgehead atoms. The summed E-state index contributed by atoms with van der Waals surface area (Å²) in [5, 5.41) is 0. The van der Waals surface area contributed by atoms with Crippen molar-refractivity contribution in [2.75, 3.05) is 20.8 Å². The summed E-state index contributed by atoms with van der Waals surface area (Å²) in [4.78, 5) is 30.7. The molecular formula is C21H22N4O5. The molecule has 156 valence electrons. The van der Waals surface area contributed by atoms with E-state index in [1.54, 1.807) is 38.0 Å². The van der Waals surface area contributed by atoms with E-state index in [1.165, 1.54) is 4.57 Å². The monoisotopic (exact) mass is 410 g/mol. The number of terminal acetylenes is 1. The van der Waals surface area contributed by atoms with E-state index in [0.29, 0.717) is 48.1 Å².